The second-order valence-corrected chi connectivity index (χ2v) is 7.75. The van der Waals surface area contributed by atoms with Crippen molar-refractivity contribution in [2.45, 2.75) is 38.9 Å². The molecule has 5 rings (SSSR count). The van der Waals surface area contributed by atoms with E-state index in [1.54, 1.807) is 30.6 Å². The van der Waals surface area contributed by atoms with Gasteiger partial charge in [-0.25, -0.2) is 20.2 Å². The summed E-state index contributed by atoms with van der Waals surface area (Å²) in [6.45, 7) is 4.09. The standard InChI is InChI=1S/C21H24N8O2/c1-2-3-8-27-19-18(25-21(27)26-7-4-5-16(22)14-26)12-23-28(20(19)30)13-15-6-9-29-17(10-15)11-24-31-29/h6,9-12,16,24H,4-5,7-8,13-14,22H2,1H3/t16-/m1/s1. The van der Waals surface area contributed by atoms with Gasteiger partial charge in [-0.1, -0.05) is 5.92 Å². The molecule has 10 heteroatoms. The normalized spacial score (nSPS) is 20.1. The van der Waals surface area contributed by atoms with Crippen molar-refractivity contribution in [3.05, 3.63) is 52.4 Å². The van der Waals surface area contributed by atoms with E-state index < -0.39 is 0 Å². The molecule has 0 aliphatic carbocycles. The first-order valence-electron chi connectivity index (χ1n) is 10.3. The van der Waals surface area contributed by atoms with Crippen molar-refractivity contribution >= 4 is 17.0 Å². The van der Waals surface area contributed by atoms with Gasteiger partial charge < -0.3 is 10.6 Å². The second-order valence-electron chi connectivity index (χ2n) is 7.75. The van der Waals surface area contributed by atoms with Crippen LogP contribution in [0, 0.1) is 11.8 Å². The molecule has 1 fully saturated rings. The highest BCUT2D eigenvalue weighted by Gasteiger charge is 2.24. The van der Waals surface area contributed by atoms with Crippen molar-refractivity contribution in [3.8, 4) is 11.8 Å². The molecule has 2 aromatic heterocycles. The van der Waals surface area contributed by atoms with Gasteiger partial charge in [0, 0.05) is 25.3 Å². The molecule has 1 atom stereocenters. The number of rotatable bonds is 4. The predicted octanol–water partition coefficient (Wildman–Crippen LogP) is 0.591. The Hall–Kier alpha value is -3.55. The average molecular weight is 420 g/mol. The fraction of sp³-hybridized carbons (Fsp3) is 0.381. The quantitative estimate of drug-likeness (QED) is 0.693. The maximum atomic E-state index is 13.4. The lowest BCUT2D eigenvalue weighted by atomic mass is 10.1. The number of hydroxylamine groups is 3. The van der Waals surface area contributed by atoms with Gasteiger partial charge in [-0.2, -0.15) is 10.0 Å². The van der Waals surface area contributed by atoms with Crippen LogP contribution in [-0.2, 0) is 18.0 Å². The summed E-state index contributed by atoms with van der Waals surface area (Å²) >= 11 is 0. The molecule has 3 aliphatic heterocycles. The van der Waals surface area contributed by atoms with Crippen molar-refractivity contribution in [1.29, 1.82) is 0 Å². The third-order valence-corrected chi connectivity index (χ3v) is 5.59. The molecule has 3 N–H and O–H groups in total. The fourth-order valence-electron chi connectivity index (χ4n) is 4.08. The molecule has 0 spiro atoms. The molecule has 1 saturated heterocycles. The number of hydrogen-bond acceptors (Lipinski definition) is 8. The van der Waals surface area contributed by atoms with E-state index >= 15 is 0 Å². The van der Waals surface area contributed by atoms with Crippen LogP contribution >= 0.6 is 0 Å². The van der Waals surface area contributed by atoms with E-state index in [-0.39, 0.29) is 11.6 Å². The summed E-state index contributed by atoms with van der Waals surface area (Å²) < 4.78 is 3.36. The lowest BCUT2D eigenvalue weighted by molar-refractivity contribution is -0.112. The number of fused-ring (bicyclic) bond motifs is 2. The van der Waals surface area contributed by atoms with E-state index in [1.165, 1.54) is 4.68 Å². The minimum atomic E-state index is -0.193. The maximum absolute atomic E-state index is 13.4. The lowest BCUT2D eigenvalue weighted by Gasteiger charge is -2.31. The van der Waals surface area contributed by atoms with E-state index in [0.29, 0.717) is 30.7 Å². The minimum Gasteiger partial charge on any atom is -0.341 e. The Labute approximate surface area is 179 Å². The lowest BCUT2D eigenvalue weighted by Crippen LogP contribution is -2.44. The SMILES string of the molecule is CC#CCn1c(N2CCC[C@@H](N)C2)nc2cnn(CC3=CC4=CNON4C=C3)c(=O)c21. The number of nitrogens with two attached hydrogens (primary N) is 1. The van der Waals surface area contributed by atoms with Gasteiger partial charge in [0.2, 0.25) is 5.95 Å². The van der Waals surface area contributed by atoms with Gasteiger partial charge in [-0.3, -0.25) is 9.36 Å². The zero-order valence-corrected chi connectivity index (χ0v) is 17.3. The van der Waals surface area contributed by atoms with E-state index in [4.69, 9.17) is 15.7 Å². The number of imidazole rings is 1. The molecular formula is C21H24N8O2. The van der Waals surface area contributed by atoms with Gasteiger partial charge >= 0.3 is 0 Å². The number of hydrogen-bond donors (Lipinski definition) is 2. The molecule has 2 aromatic rings. The molecule has 3 aliphatic rings. The molecular weight excluding hydrogens is 396 g/mol. The Bertz CT molecular complexity index is 1230. The van der Waals surface area contributed by atoms with Gasteiger partial charge in [-0.15, -0.1) is 5.92 Å². The van der Waals surface area contributed by atoms with Gasteiger partial charge in [0.1, 0.15) is 11.0 Å². The first-order chi connectivity index (χ1) is 15.1. The first kappa shape index (κ1) is 19.4. The molecule has 0 radical (unpaired) electrons. The average Bonchev–Trinajstić information content (AvgIpc) is 3.38. The predicted molar refractivity (Wildman–Crippen MR) is 116 cm³/mol. The molecule has 0 bridgehead atoms. The fourth-order valence-corrected chi connectivity index (χ4v) is 4.08. The second kappa shape index (κ2) is 7.94. The van der Waals surface area contributed by atoms with Gasteiger partial charge in [-0.05, 0) is 37.5 Å². The molecule has 160 valence electrons. The van der Waals surface area contributed by atoms with E-state index in [2.05, 4.69) is 27.3 Å². The maximum Gasteiger partial charge on any atom is 0.293 e. The molecule has 0 amide bonds. The van der Waals surface area contributed by atoms with Gasteiger partial charge in [0.05, 0.1) is 31.2 Å². The van der Waals surface area contributed by atoms with Crippen molar-refractivity contribution in [3.63, 3.8) is 0 Å². The van der Waals surface area contributed by atoms with Crippen LogP contribution in [0.3, 0.4) is 0 Å². The summed E-state index contributed by atoms with van der Waals surface area (Å²) in [6.07, 6.45) is 11.0. The Morgan fingerprint density at radius 1 is 1.42 bits per heavy atom. The highest BCUT2D eigenvalue weighted by atomic mass is 16.8. The summed E-state index contributed by atoms with van der Waals surface area (Å²) in [5.74, 6) is 6.73. The van der Waals surface area contributed by atoms with Crippen LogP contribution in [0.5, 0.6) is 0 Å². The minimum absolute atomic E-state index is 0.0991. The van der Waals surface area contributed by atoms with Crippen LogP contribution in [0.15, 0.2) is 46.8 Å². The van der Waals surface area contributed by atoms with Crippen molar-refractivity contribution in [2.24, 2.45) is 5.73 Å². The Balaban J connectivity index is 1.54. The van der Waals surface area contributed by atoms with Gasteiger partial charge in [0.25, 0.3) is 5.56 Å². The smallest absolute Gasteiger partial charge is 0.293 e. The van der Waals surface area contributed by atoms with Crippen LogP contribution < -0.4 is 21.7 Å². The number of piperidine rings is 1. The first-order valence-corrected chi connectivity index (χ1v) is 10.3. The molecule has 10 nitrogen and oxygen atoms in total. The van der Waals surface area contributed by atoms with Crippen LogP contribution in [0.2, 0.25) is 0 Å². The molecule has 0 saturated carbocycles. The third-order valence-electron chi connectivity index (χ3n) is 5.59. The van der Waals surface area contributed by atoms with Crippen molar-refractivity contribution in [1.82, 2.24) is 29.9 Å². The number of aromatic nitrogens is 4. The monoisotopic (exact) mass is 420 g/mol. The summed E-state index contributed by atoms with van der Waals surface area (Å²) in [4.78, 5) is 25.5. The Morgan fingerprint density at radius 3 is 3.16 bits per heavy atom. The number of anilines is 1. The largest absolute Gasteiger partial charge is 0.341 e. The number of nitrogens with zero attached hydrogens (tertiary/aromatic N) is 6. The molecule has 0 unspecified atom stereocenters. The summed E-state index contributed by atoms with van der Waals surface area (Å²) in [5.41, 5.74) is 11.6. The number of allylic oxidation sites excluding steroid dienone is 3. The van der Waals surface area contributed by atoms with Crippen LogP contribution in [0.4, 0.5) is 5.95 Å². The summed E-state index contributed by atoms with van der Waals surface area (Å²) in [5, 5.41) is 5.98. The van der Waals surface area contributed by atoms with Crippen LogP contribution in [-0.4, -0.2) is 43.5 Å². The van der Waals surface area contributed by atoms with Crippen molar-refractivity contribution in [2.75, 3.05) is 18.0 Å². The zero-order valence-electron chi connectivity index (χ0n) is 17.3. The van der Waals surface area contributed by atoms with E-state index in [9.17, 15) is 4.79 Å². The van der Waals surface area contributed by atoms with Crippen LogP contribution in [0.25, 0.3) is 11.0 Å². The van der Waals surface area contributed by atoms with E-state index in [0.717, 1.165) is 36.6 Å². The highest BCUT2D eigenvalue weighted by Crippen LogP contribution is 2.24. The summed E-state index contributed by atoms with van der Waals surface area (Å²) in [6, 6.07) is 0.0991. The van der Waals surface area contributed by atoms with E-state index in [1.807, 2.05) is 16.7 Å². The molecule has 5 heterocycles. The zero-order chi connectivity index (χ0) is 21.4. The topological polar surface area (TPSA) is 106 Å². The van der Waals surface area contributed by atoms with Crippen molar-refractivity contribution < 1.29 is 4.94 Å². The summed E-state index contributed by atoms with van der Waals surface area (Å²) in [7, 11) is 0. The molecule has 0 aromatic carbocycles. The van der Waals surface area contributed by atoms with Gasteiger partial charge in [0.15, 0.2) is 0 Å². The van der Waals surface area contributed by atoms with Crippen LogP contribution in [0.1, 0.15) is 19.8 Å². The number of nitrogens with one attached hydrogen (secondary N) is 1. The third kappa shape index (κ3) is 3.58. The Morgan fingerprint density at radius 2 is 2.32 bits per heavy atom. The highest BCUT2D eigenvalue weighted by molar-refractivity contribution is 5.77. The Kier molecular flexibility index (Phi) is 4.97. The molecule has 31 heavy (non-hydrogen) atoms.